The fourth-order valence-electron chi connectivity index (χ4n) is 4.22. The molecule has 11 heteroatoms. The molecule has 0 spiro atoms. The van der Waals surface area contributed by atoms with E-state index in [1.165, 1.54) is 30.5 Å². The molecule has 3 amide bonds. The Hall–Kier alpha value is -5.16. The normalized spacial score (nSPS) is 13.2. The van der Waals surface area contributed by atoms with Crippen molar-refractivity contribution in [2.75, 3.05) is 10.6 Å². The largest absolute Gasteiger partial charge is 0.467 e. The number of hydrogen-bond donors (Lipinski definition) is 2. The molecule has 1 aromatic heterocycles. The lowest BCUT2D eigenvalue weighted by Gasteiger charge is -2.14. The van der Waals surface area contributed by atoms with Gasteiger partial charge in [0.05, 0.1) is 17.7 Å². The molecule has 212 valence electrons. The SMILES string of the molecule is CC(C)c1ccc(NC2=C(Sc3ccc(NC(=O)c4ccc([N+](=O)[O-])cc4)cc3)C(=O)N(Cc3ccco3)C2=O)cc1. The number of benzene rings is 3. The highest BCUT2D eigenvalue weighted by atomic mass is 32.2. The average molecular weight is 583 g/mol. The van der Waals surface area contributed by atoms with Crippen LogP contribution in [-0.4, -0.2) is 27.5 Å². The van der Waals surface area contributed by atoms with Crippen LogP contribution in [0.1, 0.15) is 41.4 Å². The summed E-state index contributed by atoms with van der Waals surface area (Å²) in [6.07, 6.45) is 1.49. The van der Waals surface area contributed by atoms with Crippen molar-refractivity contribution in [2.45, 2.75) is 31.2 Å². The van der Waals surface area contributed by atoms with E-state index in [1.807, 2.05) is 24.3 Å². The van der Waals surface area contributed by atoms with Gasteiger partial charge in [-0.25, -0.2) is 0 Å². The number of furan rings is 1. The number of nitro groups is 1. The molecule has 4 aromatic rings. The van der Waals surface area contributed by atoms with E-state index in [-0.39, 0.29) is 28.4 Å². The van der Waals surface area contributed by atoms with Crippen molar-refractivity contribution in [1.29, 1.82) is 0 Å². The van der Waals surface area contributed by atoms with Crippen LogP contribution in [0.4, 0.5) is 17.1 Å². The zero-order chi connectivity index (χ0) is 29.8. The molecule has 1 aliphatic rings. The van der Waals surface area contributed by atoms with Gasteiger partial charge in [0.1, 0.15) is 16.4 Å². The lowest BCUT2D eigenvalue weighted by Crippen LogP contribution is -2.31. The maximum atomic E-state index is 13.5. The van der Waals surface area contributed by atoms with Gasteiger partial charge in [-0.05, 0) is 72.1 Å². The second kappa shape index (κ2) is 12.1. The number of thioether (sulfide) groups is 1. The molecule has 0 atom stereocenters. The van der Waals surface area contributed by atoms with E-state index >= 15 is 0 Å². The van der Waals surface area contributed by atoms with Gasteiger partial charge in [-0.3, -0.25) is 29.4 Å². The van der Waals surface area contributed by atoms with Crippen LogP contribution in [-0.2, 0) is 16.1 Å². The van der Waals surface area contributed by atoms with Crippen LogP contribution >= 0.6 is 11.8 Å². The smallest absolute Gasteiger partial charge is 0.278 e. The minimum Gasteiger partial charge on any atom is -0.467 e. The van der Waals surface area contributed by atoms with Crippen molar-refractivity contribution in [3.05, 3.63) is 129 Å². The van der Waals surface area contributed by atoms with Gasteiger partial charge in [-0.2, -0.15) is 0 Å². The van der Waals surface area contributed by atoms with Crippen LogP contribution < -0.4 is 10.6 Å². The highest BCUT2D eigenvalue weighted by Gasteiger charge is 2.39. The topological polar surface area (TPSA) is 135 Å². The molecular formula is C31H26N4O6S. The van der Waals surface area contributed by atoms with Crippen LogP contribution in [0, 0.1) is 10.1 Å². The minimum atomic E-state index is -0.532. The second-order valence-electron chi connectivity index (χ2n) is 9.77. The number of amides is 3. The Morgan fingerprint density at radius 1 is 0.929 bits per heavy atom. The van der Waals surface area contributed by atoms with Gasteiger partial charge in [0.2, 0.25) is 0 Å². The highest BCUT2D eigenvalue weighted by molar-refractivity contribution is 8.04. The number of imide groups is 1. The molecule has 3 aromatic carbocycles. The van der Waals surface area contributed by atoms with E-state index in [4.69, 9.17) is 4.42 Å². The van der Waals surface area contributed by atoms with E-state index in [1.54, 1.807) is 36.4 Å². The van der Waals surface area contributed by atoms with Crippen LogP contribution in [0.25, 0.3) is 0 Å². The predicted octanol–water partition coefficient (Wildman–Crippen LogP) is 6.55. The maximum absolute atomic E-state index is 13.5. The summed E-state index contributed by atoms with van der Waals surface area (Å²) < 4.78 is 5.37. The Kier molecular flexibility index (Phi) is 8.21. The second-order valence-corrected chi connectivity index (χ2v) is 10.8. The maximum Gasteiger partial charge on any atom is 0.278 e. The van der Waals surface area contributed by atoms with Gasteiger partial charge < -0.3 is 15.1 Å². The first-order valence-electron chi connectivity index (χ1n) is 13.0. The van der Waals surface area contributed by atoms with Gasteiger partial charge in [-0.1, -0.05) is 37.7 Å². The van der Waals surface area contributed by atoms with Crippen molar-refractivity contribution >= 4 is 46.5 Å². The quantitative estimate of drug-likeness (QED) is 0.122. The van der Waals surface area contributed by atoms with Gasteiger partial charge in [0.15, 0.2) is 0 Å². The summed E-state index contributed by atoms with van der Waals surface area (Å²) in [5, 5.41) is 16.7. The van der Waals surface area contributed by atoms with Crippen LogP contribution in [0.5, 0.6) is 0 Å². The van der Waals surface area contributed by atoms with Crippen molar-refractivity contribution in [2.24, 2.45) is 0 Å². The fourth-order valence-corrected chi connectivity index (χ4v) is 5.16. The molecule has 0 radical (unpaired) electrons. The highest BCUT2D eigenvalue weighted by Crippen LogP contribution is 2.37. The first-order chi connectivity index (χ1) is 20.2. The standard InChI is InChI=1S/C31H26N4O6S/c1-19(2)20-5-9-22(10-6-20)32-27-28(31(38)34(30(27)37)18-25-4-3-17-41-25)42-26-15-11-23(12-16-26)33-29(36)21-7-13-24(14-8-21)35(39)40/h3-17,19,32H,18H2,1-2H3,(H,33,36). The molecule has 0 saturated heterocycles. The monoisotopic (exact) mass is 582 g/mol. The summed E-state index contributed by atoms with van der Waals surface area (Å²) in [5.74, 6) is -0.494. The van der Waals surface area contributed by atoms with Gasteiger partial charge in [0.25, 0.3) is 23.4 Å². The fraction of sp³-hybridized carbons (Fsp3) is 0.129. The van der Waals surface area contributed by atoms with Crippen molar-refractivity contribution in [3.63, 3.8) is 0 Å². The number of carbonyl (C=O) groups excluding carboxylic acids is 3. The summed E-state index contributed by atoms with van der Waals surface area (Å²) in [7, 11) is 0. The minimum absolute atomic E-state index is 0.000191. The van der Waals surface area contributed by atoms with E-state index in [0.29, 0.717) is 27.9 Å². The zero-order valence-corrected chi connectivity index (χ0v) is 23.5. The Bertz CT molecular complexity index is 1660. The molecule has 42 heavy (non-hydrogen) atoms. The summed E-state index contributed by atoms with van der Waals surface area (Å²) >= 11 is 1.14. The van der Waals surface area contributed by atoms with Crippen molar-refractivity contribution < 1.29 is 23.7 Å². The molecule has 0 fully saturated rings. The molecule has 2 heterocycles. The van der Waals surface area contributed by atoms with E-state index in [2.05, 4.69) is 24.5 Å². The lowest BCUT2D eigenvalue weighted by atomic mass is 10.0. The number of carbonyl (C=O) groups is 3. The number of rotatable bonds is 10. The summed E-state index contributed by atoms with van der Waals surface area (Å²) in [6.45, 7) is 4.19. The van der Waals surface area contributed by atoms with Gasteiger partial charge in [-0.15, -0.1) is 0 Å². The first kappa shape index (κ1) is 28.4. The van der Waals surface area contributed by atoms with Crippen LogP contribution in [0.3, 0.4) is 0 Å². The summed E-state index contributed by atoms with van der Waals surface area (Å²) in [6, 6.07) is 23.2. The average Bonchev–Trinajstić information content (AvgIpc) is 3.58. The Labute approximate surface area is 245 Å². The number of hydrogen-bond acceptors (Lipinski definition) is 8. The predicted molar refractivity (Wildman–Crippen MR) is 159 cm³/mol. The van der Waals surface area contributed by atoms with Crippen molar-refractivity contribution in [1.82, 2.24) is 4.90 Å². The Morgan fingerprint density at radius 3 is 2.19 bits per heavy atom. The number of anilines is 2. The van der Waals surface area contributed by atoms with E-state index in [9.17, 15) is 24.5 Å². The van der Waals surface area contributed by atoms with E-state index in [0.717, 1.165) is 22.2 Å². The Morgan fingerprint density at radius 2 is 1.60 bits per heavy atom. The number of nitrogens with one attached hydrogen (secondary N) is 2. The lowest BCUT2D eigenvalue weighted by molar-refractivity contribution is -0.384. The molecule has 0 unspecified atom stereocenters. The number of nitro benzene ring substituents is 1. The van der Waals surface area contributed by atoms with Gasteiger partial charge in [0, 0.05) is 34.0 Å². The third kappa shape index (κ3) is 6.26. The summed E-state index contributed by atoms with van der Waals surface area (Å²) in [5.41, 5.74) is 2.66. The molecule has 1 aliphatic heterocycles. The number of nitrogens with zero attached hydrogens (tertiary/aromatic N) is 2. The van der Waals surface area contributed by atoms with Gasteiger partial charge >= 0.3 is 0 Å². The van der Waals surface area contributed by atoms with Crippen LogP contribution in [0.2, 0.25) is 0 Å². The molecular weight excluding hydrogens is 556 g/mol. The summed E-state index contributed by atoms with van der Waals surface area (Å²) in [4.78, 5) is 51.9. The zero-order valence-electron chi connectivity index (χ0n) is 22.7. The third-order valence-corrected chi connectivity index (χ3v) is 7.63. The molecule has 0 aliphatic carbocycles. The molecule has 0 saturated carbocycles. The molecule has 10 nitrogen and oxygen atoms in total. The molecule has 5 rings (SSSR count). The van der Waals surface area contributed by atoms with E-state index < -0.39 is 22.6 Å². The number of non-ortho nitro benzene ring substituents is 1. The first-order valence-corrected chi connectivity index (χ1v) is 13.8. The molecule has 0 bridgehead atoms. The molecule has 2 N–H and O–H groups in total. The Balaban J connectivity index is 1.35. The van der Waals surface area contributed by atoms with Crippen LogP contribution in [0.15, 0.2) is 111 Å². The van der Waals surface area contributed by atoms with Crippen molar-refractivity contribution in [3.8, 4) is 0 Å². The third-order valence-electron chi connectivity index (χ3n) is 6.54.